The molecule has 0 unspecified atom stereocenters. The van der Waals surface area contributed by atoms with Crippen molar-refractivity contribution < 1.29 is 0 Å². The van der Waals surface area contributed by atoms with E-state index in [4.69, 9.17) is 0 Å². The van der Waals surface area contributed by atoms with Gasteiger partial charge in [-0.25, -0.2) is 9.79 Å². The van der Waals surface area contributed by atoms with Crippen molar-refractivity contribution in [1.82, 2.24) is 9.97 Å². The van der Waals surface area contributed by atoms with E-state index in [0.717, 1.165) is 0 Å². The first kappa shape index (κ1) is 5.96. The molecule has 56 valence electrons. The number of aromatic nitrogens is 2. The fourth-order valence-electron chi connectivity index (χ4n) is 0.911. The quantitative estimate of drug-likeness (QED) is 0.487. The molecule has 0 aromatic carbocycles. The van der Waals surface area contributed by atoms with Crippen molar-refractivity contribution in [3.8, 4) is 0 Å². The van der Waals surface area contributed by atoms with Gasteiger partial charge in [0.1, 0.15) is 17.3 Å². The Hall–Kier alpha value is -1.78. The summed E-state index contributed by atoms with van der Waals surface area (Å²) in [6.45, 7) is 3.58. The maximum atomic E-state index is 10.7. The molecule has 0 radical (unpaired) electrons. The molecule has 2 rings (SSSR count). The lowest BCUT2D eigenvalue weighted by molar-refractivity contribution is 1.18. The number of H-pyrrole nitrogens is 2. The molecule has 0 saturated carbocycles. The molecule has 1 aliphatic heterocycles. The van der Waals surface area contributed by atoms with Crippen LogP contribution in [0.3, 0.4) is 0 Å². The van der Waals surface area contributed by atoms with Crippen molar-refractivity contribution >= 4 is 12.0 Å². The Morgan fingerprint density at radius 3 is 3.09 bits per heavy atom. The summed E-state index contributed by atoms with van der Waals surface area (Å²) in [6.07, 6.45) is 1.55. The summed E-state index contributed by atoms with van der Waals surface area (Å²) in [5, 5.41) is 2.80. The van der Waals surface area contributed by atoms with Gasteiger partial charge in [-0.3, -0.25) is 4.98 Å². The predicted octanol–water partition coefficient (Wildman–Crippen LogP) is 0.0186. The number of aromatic amines is 2. The molecule has 1 aliphatic rings. The van der Waals surface area contributed by atoms with Crippen molar-refractivity contribution in [3.63, 3.8) is 0 Å². The van der Waals surface area contributed by atoms with Crippen LogP contribution in [0.4, 0.5) is 5.82 Å². The molecule has 2 heterocycles. The molecule has 0 atom stereocenters. The molecule has 0 fully saturated rings. The summed E-state index contributed by atoms with van der Waals surface area (Å²) in [5.74, 6) is 1.14. The molecule has 0 bridgehead atoms. The van der Waals surface area contributed by atoms with Crippen LogP contribution in [0.1, 0.15) is 5.69 Å². The summed E-state index contributed by atoms with van der Waals surface area (Å²) in [7, 11) is 0. The Morgan fingerprint density at radius 1 is 1.45 bits per heavy atom. The second-order valence-electron chi connectivity index (χ2n) is 2.20. The number of nitrogens with one attached hydrogen (secondary N) is 3. The van der Waals surface area contributed by atoms with E-state index in [0.29, 0.717) is 17.3 Å². The van der Waals surface area contributed by atoms with Gasteiger partial charge < -0.3 is 10.3 Å². The van der Waals surface area contributed by atoms with Crippen LogP contribution in [-0.4, -0.2) is 16.2 Å². The molecule has 1 aromatic rings. The monoisotopic (exact) mass is 150 g/mol. The minimum absolute atomic E-state index is 0.247. The molecule has 5 heteroatoms. The van der Waals surface area contributed by atoms with E-state index >= 15 is 0 Å². The third kappa shape index (κ3) is 0.861. The maximum absolute atomic E-state index is 10.7. The molecule has 0 amide bonds. The molecule has 1 aromatic heterocycles. The van der Waals surface area contributed by atoms with Gasteiger partial charge >= 0.3 is 5.69 Å². The van der Waals surface area contributed by atoms with Crippen molar-refractivity contribution in [2.24, 2.45) is 4.99 Å². The number of rotatable bonds is 0. The smallest absolute Gasteiger partial charge is 0.325 e. The third-order valence-electron chi connectivity index (χ3n) is 1.37. The van der Waals surface area contributed by atoms with Gasteiger partial charge in [-0.2, -0.15) is 0 Å². The SMILES string of the molecule is C=C1N=Cc2[nH]c(=O)[nH]c2N1. The minimum Gasteiger partial charge on any atom is -0.325 e. The number of nitrogens with zero attached hydrogens (tertiary/aromatic N) is 1. The van der Waals surface area contributed by atoms with Gasteiger partial charge in [0.2, 0.25) is 0 Å². The van der Waals surface area contributed by atoms with Crippen LogP contribution in [0.15, 0.2) is 22.2 Å². The first-order valence-corrected chi connectivity index (χ1v) is 3.08. The lowest BCUT2D eigenvalue weighted by atomic mass is 10.4. The zero-order valence-electron chi connectivity index (χ0n) is 5.64. The standard InChI is InChI=1S/C6H6N4O/c1-3-7-2-4-5(8-3)10-6(11)9-4/h2,8H,1H2,(H2,9,10,11). The van der Waals surface area contributed by atoms with E-state index < -0.39 is 0 Å². The lowest BCUT2D eigenvalue weighted by Crippen LogP contribution is -2.04. The zero-order valence-corrected chi connectivity index (χ0v) is 5.64. The van der Waals surface area contributed by atoms with E-state index in [-0.39, 0.29) is 5.69 Å². The fraction of sp³-hybridized carbons (Fsp3) is 0. The van der Waals surface area contributed by atoms with Gasteiger partial charge in [-0.1, -0.05) is 6.58 Å². The predicted molar refractivity (Wildman–Crippen MR) is 41.8 cm³/mol. The minimum atomic E-state index is -0.247. The first-order chi connectivity index (χ1) is 5.25. The number of anilines is 1. The Labute approximate surface area is 61.9 Å². The number of aliphatic imine (C=N–C) groups is 1. The summed E-state index contributed by atoms with van der Waals surface area (Å²) in [4.78, 5) is 19.7. The molecular formula is C6H6N4O. The van der Waals surface area contributed by atoms with Crippen molar-refractivity contribution in [3.05, 3.63) is 28.6 Å². The number of hydrogen-bond acceptors (Lipinski definition) is 3. The van der Waals surface area contributed by atoms with E-state index in [9.17, 15) is 4.79 Å². The second-order valence-corrected chi connectivity index (χ2v) is 2.20. The first-order valence-electron chi connectivity index (χ1n) is 3.08. The van der Waals surface area contributed by atoms with Crippen molar-refractivity contribution in [2.45, 2.75) is 0 Å². The van der Waals surface area contributed by atoms with E-state index in [1.165, 1.54) is 0 Å². The van der Waals surface area contributed by atoms with E-state index in [1.54, 1.807) is 6.21 Å². The molecule has 11 heavy (non-hydrogen) atoms. The highest BCUT2D eigenvalue weighted by Gasteiger charge is 2.08. The maximum Gasteiger partial charge on any atom is 0.325 e. The van der Waals surface area contributed by atoms with Gasteiger partial charge in [0, 0.05) is 0 Å². The van der Waals surface area contributed by atoms with Gasteiger partial charge in [0.15, 0.2) is 0 Å². The van der Waals surface area contributed by atoms with Gasteiger partial charge in [-0.05, 0) is 0 Å². The zero-order chi connectivity index (χ0) is 7.84. The van der Waals surface area contributed by atoms with Crippen molar-refractivity contribution in [2.75, 3.05) is 5.32 Å². The third-order valence-corrected chi connectivity index (χ3v) is 1.37. The molecule has 0 aliphatic carbocycles. The topological polar surface area (TPSA) is 73.0 Å². The highest BCUT2D eigenvalue weighted by Crippen LogP contribution is 2.12. The Kier molecular flexibility index (Phi) is 1.00. The van der Waals surface area contributed by atoms with Crippen LogP contribution in [-0.2, 0) is 0 Å². The van der Waals surface area contributed by atoms with E-state index in [2.05, 4.69) is 26.9 Å². The van der Waals surface area contributed by atoms with Gasteiger partial charge in [0.05, 0.1) is 6.21 Å². The second kappa shape index (κ2) is 1.85. The Bertz CT molecular complexity index is 384. The Balaban J connectivity index is 2.61. The average Bonchev–Trinajstić information content (AvgIpc) is 2.27. The lowest BCUT2D eigenvalue weighted by Gasteiger charge is -2.06. The summed E-state index contributed by atoms with van der Waals surface area (Å²) in [5.41, 5.74) is 0.408. The van der Waals surface area contributed by atoms with Gasteiger partial charge in [-0.15, -0.1) is 0 Å². The highest BCUT2D eigenvalue weighted by atomic mass is 16.1. The summed E-state index contributed by atoms with van der Waals surface area (Å²) >= 11 is 0. The van der Waals surface area contributed by atoms with Crippen LogP contribution in [0.2, 0.25) is 0 Å². The Morgan fingerprint density at radius 2 is 2.27 bits per heavy atom. The van der Waals surface area contributed by atoms with Crippen LogP contribution < -0.4 is 11.0 Å². The molecule has 0 saturated heterocycles. The molecule has 5 nitrogen and oxygen atoms in total. The van der Waals surface area contributed by atoms with Crippen LogP contribution in [0.5, 0.6) is 0 Å². The highest BCUT2D eigenvalue weighted by molar-refractivity contribution is 5.87. The molecule has 3 N–H and O–H groups in total. The normalized spacial score (nSPS) is 14.4. The molecular weight excluding hydrogens is 144 g/mol. The molecule has 0 spiro atoms. The van der Waals surface area contributed by atoms with Crippen molar-refractivity contribution in [1.29, 1.82) is 0 Å². The number of imidazole rings is 1. The summed E-state index contributed by atoms with van der Waals surface area (Å²) in [6, 6.07) is 0. The van der Waals surface area contributed by atoms with Crippen LogP contribution >= 0.6 is 0 Å². The van der Waals surface area contributed by atoms with Crippen LogP contribution in [0, 0.1) is 0 Å². The van der Waals surface area contributed by atoms with E-state index in [1.807, 2.05) is 0 Å². The largest absolute Gasteiger partial charge is 0.325 e. The fourth-order valence-corrected chi connectivity index (χ4v) is 0.911. The van der Waals surface area contributed by atoms with Crippen LogP contribution in [0.25, 0.3) is 0 Å². The number of hydrogen-bond donors (Lipinski definition) is 3. The summed E-state index contributed by atoms with van der Waals surface area (Å²) < 4.78 is 0. The number of fused-ring (bicyclic) bond motifs is 1. The average molecular weight is 150 g/mol. The van der Waals surface area contributed by atoms with Gasteiger partial charge in [0.25, 0.3) is 0 Å².